The SMILES string of the molecule is CCCOc1nc(NC)nc(-n2ccc(C(N)=O)n2)n1. The zero-order valence-corrected chi connectivity index (χ0v) is 11.2. The first-order valence-electron chi connectivity index (χ1n) is 6.06. The highest BCUT2D eigenvalue weighted by molar-refractivity contribution is 5.90. The van der Waals surface area contributed by atoms with E-state index in [4.69, 9.17) is 10.5 Å². The maximum absolute atomic E-state index is 11.0. The first kappa shape index (κ1) is 13.7. The van der Waals surface area contributed by atoms with Crippen LogP contribution in [0.4, 0.5) is 5.95 Å². The van der Waals surface area contributed by atoms with E-state index in [1.165, 1.54) is 10.7 Å². The van der Waals surface area contributed by atoms with E-state index >= 15 is 0 Å². The van der Waals surface area contributed by atoms with Crippen molar-refractivity contribution >= 4 is 11.9 Å². The molecule has 0 unspecified atom stereocenters. The Morgan fingerprint density at radius 3 is 2.85 bits per heavy atom. The second kappa shape index (κ2) is 5.95. The number of rotatable bonds is 6. The maximum atomic E-state index is 11.0. The van der Waals surface area contributed by atoms with E-state index in [0.29, 0.717) is 12.6 Å². The van der Waals surface area contributed by atoms with Gasteiger partial charge in [0, 0.05) is 13.2 Å². The topological polar surface area (TPSA) is 121 Å². The number of carbonyl (C=O) groups excluding carboxylic acids is 1. The molecule has 0 saturated heterocycles. The number of amides is 1. The number of primary amides is 1. The summed E-state index contributed by atoms with van der Waals surface area (Å²) in [6, 6.07) is 1.68. The molecule has 2 aromatic heterocycles. The van der Waals surface area contributed by atoms with Crippen LogP contribution in [0.15, 0.2) is 12.3 Å². The smallest absolute Gasteiger partial charge is 0.323 e. The molecule has 0 atom stereocenters. The summed E-state index contributed by atoms with van der Waals surface area (Å²) in [6.45, 7) is 2.48. The Hall–Kier alpha value is -2.71. The monoisotopic (exact) mass is 277 g/mol. The summed E-state index contributed by atoms with van der Waals surface area (Å²) in [6.07, 6.45) is 2.38. The molecule has 0 spiro atoms. The third-order valence-electron chi connectivity index (χ3n) is 2.31. The van der Waals surface area contributed by atoms with Gasteiger partial charge < -0.3 is 15.8 Å². The fourth-order valence-corrected chi connectivity index (χ4v) is 1.38. The first-order chi connectivity index (χ1) is 9.63. The quantitative estimate of drug-likeness (QED) is 0.761. The Bertz CT molecular complexity index is 611. The Labute approximate surface area is 115 Å². The van der Waals surface area contributed by atoms with Crippen LogP contribution in [-0.4, -0.2) is 44.3 Å². The molecule has 0 radical (unpaired) electrons. The summed E-state index contributed by atoms with van der Waals surface area (Å²) < 4.78 is 6.71. The Balaban J connectivity index is 2.35. The van der Waals surface area contributed by atoms with Crippen LogP contribution in [0.5, 0.6) is 6.01 Å². The molecule has 0 fully saturated rings. The fraction of sp³-hybridized carbons (Fsp3) is 0.364. The van der Waals surface area contributed by atoms with E-state index in [0.717, 1.165) is 6.42 Å². The lowest BCUT2D eigenvalue weighted by atomic mass is 10.4. The second-order valence-electron chi connectivity index (χ2n) is 3.85. The number of aromatic nitrogens is 5. The van der Waals surface area contributed by atoms with E-state index in [2.05, 4.69) is 25.4 Å². The molecule has 2 rings (SSSR count). The normalized spacial score (nSPS) is 10.3. The van der Waals surface area contributed by atoms with E-state index < -0.39 is 5.91 Å². The molecule has 2 heterocycles. The van der Waals surface area contributed by atoms with Crippen molar-refractivity contribution in [3.8, 4) is 12.0 Å². The lowest BCUT2D eigenvalue weighted by Crippen LogP contribution is -2.13. The largest absolute Gasteiger partial charge is 0.463 e. The highest BCUT2D eigenvalue weighted by Crippen LogP contribution is 2.11. The predicted molar refractivity (Wildman–Crippen MR) is 70.8 cm³/mol. The molecule has 9 heteroatoms. The van der Waals surface area contributed by atoms with Gasteiger partial charge in [0.05, 0.1) is 6.61 Å². The molecule has 20 heavy (non-hydrogen) atoms. The first-order valence-corrected chi connectivity index (χ1v) is 6.06. The van der Waals surface area contributed by atoms with E-state index in [-0.39, 0.29) is 17.7 Å². The summed E-state index contributed by atoms with van der Waals surface area (Å²) in [4.78, 5) is 23.4. The summed E-state index contributed by atoms with van der Waals surface area (Å²) in [5, 5.41) is 6.79. The number of nitrogens with two attached hydrogens (primary N) is 1. The molecule has 3 N–H and O–H groups in total. The number of nitrogens with zero attached hydrogens (tertiary/aromatic N) is 5. The molecule has 9 nitrogen and oxygen atoms in total. The number of anilines is 1. The van der Waals surface area contributed by atoms with Crippen molar-refractivity contribution in [3.63, 3.8) is 0 Å². The summed E-state index contributed by atoms with van der Waals surface area (Å²) in [5.74, 6) is -0.0331. The van der Waals surface area contributed by atoms with Crippen LogP contribution in [0.1, 0.15) is 23.8 Å². The fourth-order valence-electron chi connectivity index (χ4n) is 1.38. The zero-order chi connectivity index (χ0) is 14.5. The molecule has 1 amide bonds. The maximum Gasteiger partial charge on any atom is 0.323 e. The van der Waals surface area contributed by atoms with Gasteiger partial charge in [0.1, 0.15) is 5.69 Å². The van der Waals surface area contributed by atoms with Crippen molar-refractivity contribution in [1.29, 1.82) is 0 Å². The molecule has 106 valence electrons. The predicted octanol–water partition coefficient (Wildman–Crippen LogP) is -0.0133. The summed E-state index contributed by atoms with van der Waals surface area (Å²) in [5.41, 5.74) is 5.28. The van der Waals surface area contributed by atoms with Crippen molar-refractivity contribution in [2.45, 2.75) is 13.3 Å². The Kier molecular flexibility index (Phi) is 4.08. The van der Waals surface area contributed by atoms with Gasteiger partial charge in [-0.25, -0.2) is 4.68 Å². The van der Waals surface area contributed by atoms with Crippen LogP contribution in [0.25, 0.3) is 5.95 Å². The average Bonchev–Trinajstić information content (AvgIpc) is 2.94. The highest BCUT2D eigenvalue weighted by Gasteiger charge is 2.11. The van der Waals surface area contributed by atoms with Crippen molar-refractivity contribution in [1.82, 2.24) is 24.7 Å². The molecule has 0 aliphatic rings. The number of hydrogen-bond donors (Lipinski definition) is 2. The minimum atomic E-state index is -0.617. The van der Waals surface area contributed by atoms with Crippen LogP contribution >= 0.6 is 0 Å². The highest BCUT2D eigenvalue weighted by atomic mass is 16.5. The molecule has 0 aliphatic carbocycles. The molecular formula is C11H15N7O2. The van der Waals surface area contributed by atoms with Gasteiger partial charge in [-0.2, -0.15) is 20.1 Å². The molecule has 0 saturated carbocycles. The van der Waals surface area contributed by atoms with Crippen molar-refractivity contribution < 1.29 is 9.53 Å². The van der Waals surface area contributed by atoms with Crippen LogP contribution in [0, 0.1) is 0 Å². The lowest BCUT2D eigenvalue weighted by Gasteiger charge is -2.07. The molecule has 0 aromatic carbocycles. The van der Waals surface area contributed by atoms with E-state index in [9.17, 15) is 4.79 Å². The molecule has 0 bridgehead atoms. The minimum absolute atomic E-state index is 0.132. The van der Waals surface area contributed by atoms with Crippen molar-refractivity contribution in [2.24, 2.45) is 5.73 Å². The number of carbonyl (C=O) groups is 1. The van der Waals surface area contributed by atoms with Crippen LogP contribution in [0.3, 0.4) is 0 Å². The summed E-state index contributed by atoms with van der Waals surface area (Å²) >= 11 is 0. The second-order valence-corrected chi connectivity index (χ2v) is 3.85. The third-order valence-corrected chi connectivity index (χ3v) is 2.31. The standard InChI is InChI=1S/C11H15N7O2/c1-3-6-20-11-15-9(13-2)14-10(16-11)18-5-4-7(17-18)8(12)19/h4-5H,3,6H2,1-2H3,(H2,12,19)(H,13,14,15,16). The lowest BCUT2D eigenvalue weighted by molar-refractivity contribution is 0.0995. The number of hydrogen-bond acceptors (Lipinski definition) is 7. The summed E-state index contributed by atoms with van der Waals surface area (Å²) in [7, 11) is 1.68. The van der Waals surface area contributed by atoms with Gasteiger partial charge in [0.15, 0.2) is 0 Å². The Morgan fingerprint density at radius 2 is 2.25 bits per heavy atom. The van der Waals surface area contributed by atoms with Crippen molar-refractivity contribution in [2.75, 3.05) is 19.0 Å². The molecular weight excluding hydrogens is 262 g/mol. The van der Waals surface area contributed by atoms with Crippen LogP contribution in [0.2, 0.25) is 0 Å². The van der Waals surface area contributed by atoms with Gasteiger partial charge in [0.2, 0.25) is 5.95 Å². The van der Waals surface area contributed by atoms with Gasteiger partial charge >= 0.3 is 6.01 Å². The van der Waals surface area contributed by atoms with Crippen LogP contribution < -0.4 is 15.8 Å². The van der Waals surface area contributed by atoms with E-state index in [1.54, 1.807) is 13.2 Å². The average molecular weight is 277 g/mol. The number of ether oxygens (including phenoxy) is 1. The van der Waals surface area contributed by atoms with Crippen LogP contribution in [-0.2, 0) is 0 Å². The van der Waals surface area contributed by atoms with Gasteiger partial charge in [-0.05, 0) is 12.5 Å². The number of nitrogens with one attached hydrogen (secondary N) is 1. The van der Waals surface area contributed by atoms with Crippen molar-refractivity contribution in [3.05, 3.63) is 18.0 Å². The third kappa shape index (κ3) is 2.99. The molecule has 2 aromatic rings. The van der Waals surface area contributed by atoms with Gasteiger partial charge in [-0.1, -0.05) is 6.92 Å². The van der Waals surface area contributed by atoms with Gasteiger partial charge in [0.25, 0.3) is 11.9 Å². The van der Waals surface area contributed by atoms with E-state index in [1.807, 2.05) is 6.92 Å². The Morgan fingerprint density at radius 1 is 1.45 bits per heavy atom. The zero-order valence-electron chi connectivity index (χ0n) is 11.2. The van der Waals surface area contributed by atoms with Gasteiger partial charge in [-0.3, -0.25) is 4.79 Å². The minimum Gasteiger partial charge on any atom is -0.463 e. The van der Waals surface area contributed by atoms with Gasteiger partial charge in [-0.15, -0.1) is 0 Å². The molecule has 0 aliphatic heterocycles.